The summed E-state index contributed by atoms with van der Waals surface area (Å²) in [6.45, 7) is 0. The molecule has 0 spiro atoms. The number of phenols is 1. The summed E-state index contributed by atoms with van der Waals surface area (Å²) < 4.78 is 0.601. The third-order valence-electron chi connectivity index (χ3n) is 2.00. The Balaban J connectivity index is 2.14. The number of nitrogens with one attached hydrogen (secondary N) is 1. The minimum absolute atomic E-state index is 0.0401. The Bertz CT molecular complexity index is 562. The van der Waals surface area contributed by atoms with Gasteiger partial charge >= 0.3 is 0 Å². The molecule has 1 aromatic carbocycles. The number of halogens is 2. The molecule has 2 rings (SSSR count). The molecule has 1 amide bonds. The van der Waals surface area contributed by atoms with Crippen molar-refractivity contribution >= 4 is 56.6 Å². The average Bonchev–Trinajstić information content (AvgIpc) is 2.71. The van der Waals surface area contributed by atoms with E-state index in [0.29, 0.717) is 26.0 Å². The number of amidine groups is 1. The standard InChI is InChI=1S/C10H7BrClN3O2S/c11-6-2-8(16)5(1-7(6)12)3-13-15-10-14-9(17)4-18-10/h1-3,16H,4H2,(H,14,15,17). The Hall–Kier alpha value is -1.05. The smallest absolute Gasteiger partial charge is 0.236 e. The number of carbonyl (C=O) groups is 1. The van der Waals surface area contributed by atoms with Gasteiger partial charge < -0.3 is 10.4 Å². The maximum Gasteiger partial charge on any atom is 0.236 e. The normalized spacial score (nSPS) is 17.7. The first-order valence-electron chi connectivity index (χ1n) is 4.78. The van der Waals surface area contributed by atoms with Crippen LogP contribution in [-0.4, -0.2) is 28.1 Å². The van der Waals surface area contributed by atoms with Gasteiger partial charge in [-0.2, -0.15) is 5.10 Å². The van der Waals surface area contributed by atoms with Crippen LogP contribution in [0.2, 0.25) is 5.02 Å². The highest BCUT2D eigenvalue weighted by Gasteiger charge is 2.15. The van der Waals surface area contributed by atoms with E-state index in [2.05, 4.69) is 31.4 Å². The minimum atomic E-state index is -0.0940. The van der Waals surface area contributed by atoms with Crippen LogP contribution >= 0.6 is 39.3 Å². The molecule has 0 aliphatic carbocycles. The van der Waals surface area contributed by atoms with E-state index in [1.165, 1.54) is 24.0 Å². The van der Waals surface area contributed by atoms with Gasteiger partial charge in [-0.25, -0.2) is 0 Å². The van der Waals surface area contributed by atoms with E-state index >= 15 is 0 Å². The topological polar surface area (TPSA) is 74.0 Å². The number of aromatic hydroxyl groups is 1. The van der Waals surface area contributed by atoms with E-state index in [1.54, 1.807) is 6.07 Å². The molecule has 1 saturated heterocycles. The lowest BCUT2D eigenvalue weighted by molar-refractivity contribution is -0.116. The number of hydrogen-bond donors (Lipinski definition) is 2. The second kappa shape index (κ2) is 5.73. The van der Waals surface area contributed by atoms with Crippen LogP contribution in [0.15, 0.2) is 26.8 Å². The van der Waals surface area contributed by atoms with Crippen LogP contribution in [0.1, 0.15) is 5.56 Å². The Kier molecular flexibility index (Phi) is 4.26. The first kappa shape index (κ1) is 13.4. The summed E-state index contributed by atoms with van der Waals surface area (Å²) in [5, 5.41) is 20.7. The van der Waals surface area contributed by atoms with Gasteiger partial charge in [0, 0.05) is 10.0 Å². The van der Waals surface area contributed by atoms with E-state index in [4.69, 9.17) is 11.6 Å². The van der Waals surface area contributed by atoms with E-state index in [9.17, 15) is 9.90 Å². The molecular formula is C10H7BrClN3O2S. The summed E-state index contributed by atoms with van der Waals surface area (Å²) in [5.41, 5.74) is 0.446. The lowest BCUT2D eigenvalue weighted by Gasteiger charge is -2.01. The van der Waals surface area contributed by atoms with Crippen molar-refractivity contribution in [2.45, 2.75) is 0 Å². The molecule has 1 aliphatic heterocycles. The molecule has 94 valence electrons. The van der Waals surface area contributed by atoms with E-state index in [1.807, 2.05) is 0 Å². The summed E-state index contributed by atoms with van der Waals surface area (Å²) in [6.07, 6.45) is 1.37. The number of rotatable bonds is 2. The van der Waals surface area contributed by atoms with Gasteiger partial charge in [-0.3, -0.25) is 4.79 Å². The quantitative estimate of drug-likeness (QED) is 0.636. The van der Waals surface area contributed by atoms with Crippen molar-refractivity contribution in [2.24, 2.45) is 10.2 Å². The molecule has 2 N–H and O–H groups in total. The third kappa shape index (κ3) is 3.24. The number of benzene rings is 1. The summed E-state index contributed by atoms with van der Waals surface area (Å²) in [6, 6.07) is 3.04. The first-order valence-corrected chi connectivity index (χ1v) is 6.93. The van der Waals surface area contributed by atoms with Crippen LogP contribution in [0.3, 0.4) is 0 Å². The van der Waals surface area contributed by atoms with Crippen LogP contribution in [0, 0.1) is 0 Å². The molecule has 0 aromatic heterocycles. The first-order chi connectivity index (χ1) is 8.56. The molecule has 18 heavy (non-hydrogen) atoms. The fraction of sp³-hybridized carbons (Fsp3) is 0.100. The van der Waals surface area contributed by atoms with Gasteiger partial charge in [0.15, 0.2) is 5.17 Å². The van der Waals surface area contributed by atoms with E-state index in [0.717, 1.165) is 0 Å². The Morgan fingerprint density at radius 1 is 1.56 bits per heavy atom. The lowest BCUT2D eigenvalue weighted by Crippen LogP contribution is -2.19. The fourth-order valence-electron chi connectivity index (χ4n) is 1.18. The van der Waals surface area contributed by atoms with Gasteiger partial charge in [0.25, 0.3) is 0 Å². The second-order valence-electron chi connectivity index (χ2n) is 3.31. The number of thioether (sulfide) groups is 1. The highest BCUT2D eigenvalue weighted by Crippen LogP contribution is 2.29. The van der Waals surface area contributed by atoms with Crippen molar-refractivity contribution in [3.05, 3.63) is 27.2 Å². The van der Waals surface area contributed by atoms with Crippen molar-refractivity contribution in [2.75, 3.05) is 5.75 Å². The maximum atomic E-state index is 10.9. The fourth-order valence-corrected chi connectivity index (χ4v) is 2.31. The molecule has 1 heterocycles. The molecule has 0 saturated carbocycles. The van der Waals surface area contributed by atoms with Crippen molar-refractivity contribution in [3.63, 3.8) is 0 Å². The van der Waals surface area contributed by atoms with Gasteiger partial charge in [-0.15, -0.1) is 5.10 Å². The highest BCUT2D eigenvalue weighted by molar-refractivity contribution is 9.10. The molecule has 1 fully saturated rings. The summed E-state index contributed by atoms with van der Waals surface area (Å²) in [4.78, 5) is 10.9. The monoisotopic (exact) mass is 347 g/mol. The van der Waals surface area contributed by atoms with Crippen molar-refractivity contribution in [1.82, 2.24) is 5.32 Å². The Morgan fingerprint density at radius 3 is 3.00 bits per heavy atom. The number of nitrogens with zero attached hydrogens (tertiary/aromatic N) is 2. The summed E-state index contributed by atoms with van der Waals surface area (Å²) in [7, 11) is 0. The molecule has 8 heteroatoms. The lowest BCUT2D eigenvalue weighted by atomic mass is 10.2. The van der Waals surface area contributed by atoms with Crippen LogP contribution in [0.5, 0.6) is 5.75 Å². The maximum absolute atomic E-state index is 10.9. The Morgan fingerprint density at radius 2 is 2.33 bits per heavy atom. The Labute approximate surface area is 120 Å². The molecule has 5 nitrogen and oxygen atoms in total. The number of hydrogen-bond acceptors (Lipinski definition) is 5. The van der Waals surface area contributed by atoms with Crippen LogP contribution in [0.25, 0.3) is 0 Å². The number of amides is 1. The van der Waals surface area contributed by atoms with Crippen LogP contribution in [0.4, 0.5) is 0 Å². The molecule has 1 aliphatic rings. The molecular weight excluding hydrogens is 342 g/mol. The molecule has 1 aromatic rings. The largest absolute Gasteiger partial charge is 0.507 e. The summed E-state index contributed by atoms with van der Waals surface area (Å²) >= 11 is 10.4. The van der Waals surface area contributed by atoms with Gasteiger partial charge in [-0.05, 0) is 28.1 Å². The molecule has 0 unspecified atom stereocenters. The van der Waals surface area contributed by atoms with Crippen molar-refractivity contribution in [1.29, 1.82) is 0 Å². The third-order valence-corrected chi connectivity index (χ3v) is 4.06. The van der Waals surface area contributed by atoms with Gasteiger partial charge in [0.1, 0.15) is 5.75 Å². The van der Waals surface area contributed by atoms with Crippen molar-refractivity contribution < 1.29 is 9.90 Å². The SMILES string of the molecule is O=C1CSC(=NN=Cc2cc(Cl)c(Br)cc2O)N1. The predicted molar refractivity (Wildman–Crippen MR) is 76.4 cm³/mol. The van der Waals surface area contributed by atoms with Crippen molar-refractivity contribution in [3.8, 4) is 5.75 Å². The van der Waals surface area contributed by atoms with Crippen LogP contribution in [-0.2, 0) is 4.79 Å². The molecule has 0 atom stereocenters. The predicted octanol–water partition coefficient (Wildman–Crippen LogP) is 2.36. The zero-order valence-electron chi connectivity index (χ0n) is 8.85. The molecule has 0 radical (unpaired) electrons. The zero-order valence-corrected chi connectivity index (χ0v) is 12.0. The minimum Gasteiger partial charge on any atom is -0.507 e. The number of carbonyl (C=O) groups excluding carboxylic acids is 1. The van der Waals surface area contributed by atoms with E-state index in [-0.39, 0.29) is 11.7 Å². The zero-order chi connectivity index (χ0) is 13.1. The van der Waals surface area contributed by atoms with Gasteiger partial charge in [0.2, 0.25) is 5.91 Å². The average molecular weight is 349 g/mol. The van der Waals surface area contributed by atoms with Gasteiger partial charge in [0.05, 0.1) is 17.0 Å². The van der Waals surface area contributed by atoms with E-state index < -0.39 is 0 Å². The molecule has 0 bridgehead atoms. The number of phenolic OH excluding ortho intramolecular Hbond substituents is 1. The second-order valence-corrected chi connectivity index (χ2v) is 5.54. The summed E-state index contributed by atoms with van der Waals surface area (Å²) in [5.74, 6) is 0.297. The highest BCUT2D eigenvalue weighted by atomic mass is 79.9. The van der Waals surface area contributed by atoms with Crippen LogP contribution < -0.4 is 5.32 Å². The van der Waals surface area contributed by atoms with Gasteiger partial charge in [-0.1, -0.05) is 23.4 Å².